The normalized spacial score (nSPS) is 36.2. The zero-order chi connectivity index (χ0) is 17.2. The van der Waals surface area contributed by atoms with Gasteiger partial charge in [-0.15, -0.1) is 0 Å². The average molecular weight is 326 g/mol. The summed E-state index contributed by atoms with van der Waals surface area (Å²) in [6.07, 6.45) is 3.99. The monoisotopic (exact) mass is 326 g/mol. The summed E-state index contributed by atoms with van der Waals surface area (Å²) in [5, 5.41) is 20.4. The maximum atomic E-state index is 10.6. The average Bonchev–Trinajstić information content (AvgIpc) is 2.94. The molecule has 2 rings (SSSR count). The van der Waals surface area contributed by atoms with Crippen molar-refractivity contribution in [1.29, 1.82) is 0 Å². The van der Waals surface area contributed by atoms with Crippen LogP contribution in [0.1, 0.15) is 60.3 Å². The molecule has 1 aliphatic heterocycles. The molecule has 1 aliphatic carbocycles. The fourth-order valence-corrected chi connectivity index (χ4v) is 4.15. The van der Waals surface area contributed by atoms with Gasteiger partial charge in [0.15, 0.2) is 12.6 Å². The fourth-order valence-electron chi connectivity index (χ4n) is 4.15. The number of ether oxygens (including phenoxy) is 2. The van der Waals surface area contributed by atoms with E-state index in [0.717, 1.165) is 19.3 Å². The smallest absolute Gasteiger partial charge is 0.181 e. The molecule has 0 radical (unpaired) electrons. The second-order valence-electron chi connectivity index (χ2n) is 8.78. The van der Waals surface area contributed by atoms with Gasteiger partial charge >= 0.3 is 0 Å². The van der Waals surface area contributed by atoms with Crippen LogP contribution in [-0.4, -0.2) is 35.5 Å². The van der Waals surface area contributed by atoms with Crippen LogP contribution < -0.4 is 0 Å². The maximum Gasteiger partial charge on any atom is 0.181 e. The van der Waals surface area contributed by atoms with Crippen LogP contribution >= 0.6 is 0 Å². The molecule has 6 unspecified atom stereocenters. The third kappa shape index (κ3) is 5.56. The molecule has 0 bridgehead atoms. The first-order valence-corrected chi connectivity index (χ1v) is 8.94. The Bertz CT molecular complexity index is 408. The van der Waals surface area contributed by atoms with Gasteiger partial charge in [-0.3, -0.25) is 0 Å². The molecule has 134 valence electrons. The Hall–Kier alpha value is -0.420. The molecule has 4 heteroatoms. The molecule has 23 heavy (non-hydrogen) atoms. The second kappa shape index (κ2) is 7.64. The molecule has 2 N–H and O–H groups in total. The SMILES string of the molecule is CC(C)=CC1CC(CC(C)(C)C)C(C(O)OC2CCOC2O)C1. The van der Waals surface area contributed by atoms with Crippen molar-refractivity contribution in [1.82, 2.24) is 0 Å². The minimum atomic E-state index is -0.902. The van der Waals surface area contributed by atoms with Gasteiger partial charge in [-0.05, 0) is 50.4 Å². The number of aliphatic hydroxyl groups excluding tert-OH is 2. The molecule has 1 heterocycles. The predicted molar refractivity (Wildman–Crippen MR) is 90.7 cm³/mol. The molecule has 4 nitrogen and oxygen atoms in total. The zero-order valence-electron chi connectivity index (χ0n) is 15.3. The van der Waals surface area contributed by atoms with E-state index < -0.39 is 18.7 Å². The molecule has 1 saturated heterocycles. The van der Waals surface area contributed by atoms with Gasteiger partial charge < -0.3 is 19.7 Å². The van der Waals surface area contributed by atoms with E-state index in [1.165, 1.54) is 5.57 Å². The second-order valence-corrected chi connectivity index (χ2v) is 8.78. The first-order valence-electron chi connectivity index (χ1n) is 8.94. The van der Waals surface area contributed by atoms with Gasteiger partial charge in [0.05, 0.1) is 6.61 Å². The highest BCUT2D eigenvalue weighted by atomic mass is 16.7. The Morgan fingerprint density at radius 2 is 2.00 bits per heavy atom. The van der Waals surface area contributed by atoms with Crippen LogP contribution in [0.3, 0.4) is 0 Å². The van der Waals surface area contributed by atoms with Crippen molar-refractivity contribution >= 4 is 0 Å². The summed E-state index contributed by atoms with van der Waals surface area (Å²) in [4.78, 5) is 0. The first kappa shape index (κ1) is 18.9. The summed E-state index contributed by atoms with van der Waals surface area (Å²) >= 11 is 0. The largest absolute Gasteiger partial charge is 0.368 e. The summed E-state index contributed by atoms with van der Waals surface area (Å²) in [5.41, 5.74) is 1.57. The van der Waals surface area contributed by atoms with E-state index in [1.54, 1.807) is 0 Å². The highest BCUT2D eigenvalue weighted by molar-refractivity contribution is 5.02. The number of hydrogen-bond donors (Lipinski definition) is 2. The van der Waals surface area contributed by atoms with Crippen molar-refractivity contribution in [3.8, 4) is 0 Å². The number of rotatable bonds is 5. The van der Waals surface area contributed by atoms with Gasteiger partial charge in [0.1, 0.15) is 6.10 Å². The van der Waals surface area contributed by atoms with Crippen molar-refractivity contribution in [3.63, 3.8) is 0 Å². The maximum absolute atomic E-state index is 10.6. The summed E-state index contributed by atoms with van der Waals surface area (Å²) < 4.78 is 10.9. The number of aliphatic hydroxyl groups is 2. The van der Waals surface area contributed by atoms with E-state index in [-0.39, 0.29) is 11.3 Å². The Kier molecular flexibility index (Phi) is 6.28. The fraction of sp³-hybridized carbons (Fsp3) is 0.895. The lowest BCUT2D eigenvalue weighted by Gasteiger charge is -2.31. The van der Waals surface area contributed by atoms with Gasteiger partial charge in [0.25, 0.3) is 0 Å². The zero-order valence-corrected chi connectivity index (χ0v) is 15.3. The van der Waals surface area contributed by atoms with Crippen LogP contribution in [0.5, 0.6) is 0 Å². The van der Waals surface area contributed by atoms with Gasteiger partial charge in [-0.1, -0.05) is 32.4 Å². The highest BCUT2D eigenvalue weighted by Crippen LogP contribution is 2.45. The summed E-state index contributed by atoms with van der Waals surface area (Å²) in [6, 6.07) is 0. The van der Waals surface area contributed by atoms with Gasteiger partial charge in [-0.25, -0.2) is 0 Å². The Morgan fingerprint density at radius 3 is 2.52 bits per heavy atom. The van der Waals surface area contributed by atoms with Crippen molar-refractivity contribution in [2.45, 2.75) is 79.0 Å². The van der Waals surface area contributed by atoms with Crippen LogP contribution in [0.25, 0.3) is 0 Å². The van der Waals surface area contributed by atoms with Crippen LogP contribution in [-0.2, 0) is 9.47 Å². The van der Waals surface area contributed by atoms with Gasteiger partial charge in [-0.2, -0.15) is 0 Å². The Labute approximate surface area is 140 Å². The van der Waals surface area contributed by atoms with Crippen molar-refractivity contribution in [2.75, 3.05) is 6.61 Å². The van der Waals surface area contributed by atoms with E-state index >= 15 is 0 Å². The summed E-state index contributed by atoms with van der Waals surface area (Å²) in [6.45, 7) is 11.5. The molecule has 1 saturated carbocycles. The Balaban J connectivity index is 2.03. The lowest BCUT2D eigenvalue weighted by atomic mass is 9.79. The molecular weight excluding hydrogens is 292 g/mol. The first-order chi connectivity index (χ1) is 10.7. The predicted octanol–water partition coefficient (Wildman–Crippen LogP) is 3.47. The molecule has 0 amide bonds. The van der Waals surface area contributed by atoms with E-state index in [4.69, 9.17) is 9.47 Å². The lowest BCUT2D eigenvalue weighted by Crippen LogP contribution is -2.35. The minimum Gasteiger partial charge on any atom is -0.368 e. The molecule has 2 aliphatic rings. The molecule has 0 spiro atoms. The van der Waals surface area contributed by atoms with Crippen molar-refractivity contribution in [2.24, 2.45) is 23.2 Å². The van der Waals surface area contributed by atoms with Crippen LogP contribution in [0, 0.1) is 23.2 Å². The van der Waals surface area contributed by atoms with Crippen molar-refractivity contribution in [3.05, 3.63) is 11.6 Å². The lowest BCUT2D eigenvalue weighted by molar-refractivity contribution is -0.215. The van der Waals surface area contributed by atoms with Crippen LogP contribution in [0.4, 0.5) is 0 Å². The molecule has 2 fully saturated rings. The van der Waals surface area contributed by atoms with E-state index in [0.29, 0.717) is 24.9 Å². The standard InChI is InChI=1S/C19H34O4/c1-12(2)8-13-9-14(11-19(3,4)5)15(10-13)17(20)23-16-6-7-22-18(16)21/h8,13-18,20-21H,6-7,9-11H2,1-5H3. The molecule has 0 aromatic heterocycles. The number of allylic oxidation sites excluding steroid dienone is 2. The van der Waals surface area contributed by atoms with E-state index in [2.05, 4.69) is 40.7 Å². The molecule has 0 aromatic carbocycles. The molecular formula is C19H34O4. The summed E-state index contributed by atoms with van der Waals surface area (Å²) in [5.74, 6) is 1.09. The van der Waals surface area contributed by atoms with Gasteiger partial charge in [0, 0.05) is 12.3 Å². The number of hydrogen-bond acceptors (Lipinski definition) is 4. The van der Waals surface area contributed by atoms with Crippen molar-refractivity contribution < 1.29 is 19.7 Å². The molecule has 6 atom stereocenters. The highest BCUT2D eigenvalue weighted by Gasteiger charge is 2.41. The molecule has 0 aromatic rings. The van der Waals surface area contributed by atoms with Crippen LogP contribution in [0.2, 0.25) is 0 Å². The third-order valence-corrected chi connectivity index (χ3v) is 4.92. The minimum absolute atomic E-state index is 0.127. The van der Waals surface area contributed by atoms with E-state index in [1.807, 2.05) is 0 Å². The van der Waals surface area contributed by atoms with Crippen LogP contribution in [0.15, 0.2) is 11.6 Å². The quantitative estimate of drug-likeness (QED) is 0.600. The topological polar surface area (TPSA) is 58.9 Å². The third-order valence-electron chi connectivity index (χ3n) is 4.92. The Morgan fingerprint density at radius 1 is 1.30 bits per heavy atom. The van der Waals surface area contributed by atoms with Gasteiger partial charge in [0.2, 0.25) is 0 Å². The van der Waals surface area contributed by atoms with E-state index in [9.17, 15) is 10.2 Å². The summed E-state index contributed by atoms with van der Waals surface area (Å²) in [7, 11) is 0.